The van der Waals surface area contributed by atoms with E-state index in [-0.39, 0.29) is 5.91 Å². The molecule has 0 unspecified atom stereocenters. The van der Waals surface area contributed by atoms with Crippen LogP contribution in [-0.4, -0.2) is 22.2 Å². The summed E-state index contributed by atoms with van der Waals surface area (Å²) in [6, 6.07) is 1.71. The monoisotopic (exact) mass is 182 g/mol. The fourth-order valence-corrected chi connectivity index (χ4v) is 1.00. The summed E-state index contributed by atoms with van der Waals surface area (Å²) in [7, 11) is 0. The third kappa shape index (κ3) is 3.14. The van der Waals surface area contributed by atoms with E-state index in [1.807, 2.05) is 6.92 Å². The molecule has 0 saturated heterocycles. The largest absolute Gasteiger partial charge is 0.382 e. The van der Waals surface area contributed by atoms with Crippen molar-refractivity contribution in [3.8, 4) is 0 Å². The van der Waals surface area contributed by atoms with Crippen LogP contribution in [0.5, 0.6) is 0 Å². The molecule has 1 heterocycles. The number of nitrogens with one attached hydrogen (secondary N) is 1. The van der Waals surface area contributed by atoms with Gasteiger partial charge in [-0.15, -0.1) is 0 Å². The Morgan fingerprint density at radius 2 is 2.54 bits per heavy atom. The first-order valence-electron chi connectivity index (χ1n) is 4.28. The van der Waals surface area contributed by atoms with Gasteiger partial charge in [-0.25, -0.2) is 0 Å². The van der Waals surface area contributed by atoms with Gasteiger partial charge < -0.3 is 11.1 Å². The number of amides is 1. The second kappa shape index (κ2) is 4.49. The van der Waals surface area contributed by atoms with Crippen molar-refractivity contribution >= 4 is 11.7 Å². The van der Waals surface area contributed by atoms with Crippen LogP contribution in [0.25, 0.3) is 0 Å². The van der Waals surface area contributed by atoms with Gasteiger partial charge in [0.05, 0.1) is 0 Å². The van der Waals surface area contributed by atoms with Crippen molar-refractivity contribution in [2.75, 3.05) is 12.3 Å². The van der Waals surface area contributed by atoms with Crippen molar-refractivity contribution in [3.05, 3.63) is 12.3 Å². The summed E-state index contributed by atoms with van der Waals surface area (Å²) in [5, 5.41) is 6.67. The Hall–Kier alpha value is -1.52. The number of aryl methyl sites for hydroxylation is 1. The second-order valence-corrected chi connectivity index (χ2v) is 2.71. The molecule has 0 atom stereocenters. The number of anilines is 1. The molecular weight excluding hydrogens is 168 g/mol. The summed E-state index contributed by atoms with van der Waals surface area (Å²) in [5.41, 5.74) is 5.41. The molecule has 0 aliphatic rings. The lowest BCUT2D eigenvalue weighted by Crippen LogP contribution is -2.23. The number of aromatic nitrogens is 2. The quantitative estimate of drug-likeness (QED) is 0.688. The minimum Gasteiger partial charge on any atom is -0.382 e. The third-order valence-corrected chi connectivity index (χ3v) is 1.60. The van der Waals surface area contributed by atoms with Gasteiger partial charge in [-0.3, -0.25) is 9.48 Å². The van der Waals surface area contributed by atoms with E-state index >= 15 is 0 Å². The Kier molecular flexibility index (Phi) is 3.31. The van der Waals surface area contributed by atoms with E-state index in [0.29, 0.717) is 25.3 Å². The first-order chi connectivity index (χ1) is 6.22. The molecule has 1 aromatic heterocycles. The van der Waals surface area contributed by atoms with Crippen molar-refractivity contribution in [2.45, 2.75) is 19.9 Å². The van der Waals surface area contributed by atoms with Gasteiger partial charge in [0.15, 0.2) is 0 Å². The smallest absolute Gasteiger partial charge is 0.221 e. The Balaban J connectivity index is 2.30. The molecule has 3 N–H and O–H groups in total. The summed E-state index contributed by atoms with van der Waals surface area (Å²) in [4.78, 5) is 11.0. The van der Waals surface area contributed by atoms with Crippen LogP contribution in [0.4, 0.5) is 5.82 Å². The standard InChI is InChI=1S/C8H14N4O/c1-2-10-8(13)4-6-12-5-3-7(9)11-12/h3,5H,2,4,6H2,1H3,(H2,9,11)(H,10,13). The van der Waals surface area contributed by atoms with Gasteiger partial charge in [0.1, 0.15) is 5.82 Å². The molecule has 0 saturated carbocycles. The number of rotatable bonds is 4. The SMILES string of the molecule is CCNC(=O)CCn1ccc(N)n1. The summed E-state index contributed by atoms with van der Waals surface area (Å²) in [5.74, 6) is 0.521. The van der Waals surface area contributed by atoms with Gasteiger partial charge in [0.2, 0.25) is 5.91 Å². The van der Waals surface area contributed by atoms with Gasteiger partial charge in [-0.05, 0) is 13.0 Å². The van der Waals surface area contributed by atoms with E-state index in [4.69, 9.17) is 5.73 Å². The molecule has 5 heteroatoms. The van der Waals surface area contributed by atoms with Crippen LogP contribution >= 0.6 is 0 Å². The molecule has 0 aliphatic carbocycles. The number of nitrogens with two attached hydrogens (primary N) is 1. The number of hydrogen-bond donors (Lipinski definition) is 2. The van der Waals surface area contributed by atoms with Crippen LogP contribution in [0.2, 0.25) is 0 Å². The van der Waals surface area contributed by atoms with E-state index in [0.717, 1.165) is 0 Å². The topological polar surface area (TPSA) is 72.9 Å². The van der Waals surface area contributed by atoms with E-state index in [9.17, 15) is 4.79 Å². The molecule has 1 rings (SSSR count). The number of nitrogen functional groups attached to an aromatic ring is 1. The van der Waals surface area contributed by atoms with Crippen molar-refractivity contribution in [1.29, 1.82) is 0 Å². The normalized spacial score (nSPS) is 9.92. The highest BCUT2D eigenvalue weighted by Gasteiger charge is 2.00. The summed E-state index contributed by atoms with van der Waals surface area (Å²) < 4.78 is 1.66. The Morgan fingerprint density at radius 3 is 3.08 bits per heavy atom. The zero-order chi connectivity index (χ0) is 9.68. The van der Waals surface area contributed by atoms with E-state index in [1.54, 1.807) is 16.9 Å². The lowest BCUT2D eigenvalue weighted by molar-refractivity contribution is -0.121. The van der Waals surface area contributed by atoms with E-state index < -0.39 is 0 Å². The maximum Gasteiger partial charge on any atom is 0.221 e. The number of carbonyl (C=O) groups excluding carboxylic acids is 1. The van der Waals surface area contributed by atoms with Gasteiger partial charge in [0.25, 0.3) is 0 Å². The molecule has 0 fully saturated rings. The fourth-order valence-electron chi connectivity index (χ4n) is 1.00. The van der Waals surface area contributed by atoms with Gasteiger partial charge in [0, 0.05) is 25.7 Å². The molecule has 1 amide bonds. The maximum atomic E-state index is 11.0. The van der Waals surface area contributed by atoms with Crippen LogP contribution in [0.15, 0.2) is 12.3 Å². The Bertz CT molecular complexity index is 281. The Labute approximate surface area is 76.9 Å². The molecule has 0 radical (unpaired) electrons. The number of hydrogen-bond acceptors (Lipinski definition) is 3. The molecule has 13 heavy (non-hydrogen) atoms. The molecule has 0 spiro atoms. The predicted molar refractivity (Wildman–Crippen MR) is 49.9 cm³/mol. The lowest BCUT2D eigenvalue weighted by atomic mass is 10.4. The third-order valence-electron chi connectivity index (χ3n) is 1.60. The summed E-state index contributed by atoms with van der Waals surface area (Å²) in [6.45, 7) is 3.13. The maximum absolute atomic E-state index is 11.0. The van der Waals surface area contributed by atoms with Crippen LogP contribution in [0, 0.1) is 0 Å². The van der Waals surface area contributed by atoms with E-state index in [2.05, 4.69) is 10.4 Å². The van der Waals surface area contributed by atoms with Crippen LogP contribution in [0.3, 0.4) is 0 Å². The minimum absolute atomic E-state index is 0.0385. The molecule has 0 aromatic carbocycles. The highest BCUT2D eigenvalue weighted by Crippen LogP contribution is 1.96. The van der Waals surface area contributed by atoms with Crippen molar-refractivity contribution in [1.82, 2.24) is 15.1 Å². The van der Waals surface area contributed by atoms with Gasteiger partial charge >= 0.3 is 0 Å². The molecule has 5 nitrogen and oxygen atoms in total. The Morgan fingerprint density at radius 1 is 1.77 bits per heavy atom. The predicted octanol–water partition coefficient (Wildman–Crippen LogP) is -0.00850. The molecule has 0 aliphatic heterocycles. The lowest BCUT2D eigenvalue weighted by Gasteiger charge is -2.01. The van der Waals surface area contributed by atoms with Crippen LogP contribution in [-0.2, 0) is 11.3 Å². The number of nitrogens with zero attached hydrogens (tertiary/aromatic N) is 2. The van der Waals surface area contributed by atoms with Gasteiger partial charge in [-0.2, -0.15) is 5.10 Å². The highest BCUT2D eigenvalue weighted by molar-refractivity contribution is 5.75. The second-order valence-electron chi connectivity index (χ2n) is 2.71. The fraction of sp³-hybridized carbons (Fsp3) is 0.500. The molecule has 0 bridgehead atoms. The molecular formula is C8H14N4O. The van der Waals surface area contributed by atoms with Crippen molar-refractivity contribution in [2.24, 2.45) is 0 Å². The van der Waals surface area contributed by atoms with Crippen LogP contribution < -0.4 is 11.1 Å². The molecule has 72 valence electrons. The zero-order valence-corrected chi connectivity index (χ0v) is 7.66. The first-order valence-corrected chi connectivity index (χ1v) is 4.28. The van der Waals surface area contributed by atoms with Crippen LogP contribution in [0.1, 0.15) is 13.3 Å². The van der Waals surface area contributed by atoms with Crippen molar-refractivity contribution in [3.63, 3.8) is 0 Å². The average Bonchev–Trinajstić information content (AvgIpc) is 2.49. The first kappa shape index (κ1) is 9.57. The number of carbonyl (C=O) groups is 1. The highest BCUT2D eigenvalue weighted by atomic mass is 16.1. The van der Waals surface area contributed by atoms with Crippen molar-refractivity contribution < 1.29 is 4.79 Å². The van der Waals surface area contributed by atoms with Gasteiger partial charge in [-0.1, -0.05) is 0 Å². The zero-order valence-electron chi connectivity index (χ0n) is 7.66. The van der Waals surface area contributed by atoms with E-state index in [1.165, 1.54) is 0 Å². The summed E-state index contributed by atoms with van der Waals surface area (Å²) in [6.07, 6.45) is 2.20. The summed E-state index contributed by atoms with van der Waals surface area (Å²) >= 11 is 0. The average molecular weight is 182 g/mol. The minimum atomic E-state index is 0.0385. The molecule has 1 aromatic rings.